The Kier molecular flexibility index (Phi) is 9.21. The average molecular weight is 645 g/mol. The molecule has 0 aromatic heterocycles. The monoisotopic (exact) mass is 644 g/mol. The van der Waals surface area contributed by atoms with E-state index < -0.39 is 29.8 Å². The summed E-state index contributed by atoms with van der Waals surface area (Å²) in [5, 5.41) is 26.3. The Morgan fingerprint density at radius 1 is 0.935 bits per heavy atom. The predicted molar refractivity (Wildman–Crippen MR) is 176 cm³/mol. The maximum Gasteiger partial charge on any atom is 0.306 e. The fraction of sp³-hybridized carbons (Fsp3) is 0.895. The molecule has 46 heavy (non-hydrogen) atoms. The summed E-state index contributed by atoms with van der Waals surface area (Å²) in [4.78, 5) is 24.5. The van der Waals surface area contributed by atoms with Crippen molar-refractivity contribution in [2.45, 2.75) is 145 Å². The molecule has 0 radical (unpaired) electrons. The maximum absolute atomic E-state index is 16.1. The molecule has 5 saturated carbocycles. The molecule has 5 aliphatic carbocycles. The van der Waals surface area contributed by atoms with Crippen molar-refractivity contribution in [1.82, 2.24) is 0 Å². The molecule has 0 bridgehead atoms. The van der Waals surface area contributed by atoms with Crippen LogP contribution in [-0.4, -0.2) is 41.3 Å². The van der Waals surface area contributed by atoms with E-state index >= 15 is 4.39 Å². The number of halogens is 1. The first kappa shape index (κ1) is 35.5. The first-order chi connectivity index (χ1) is 21.3. The molecule has 0 heterocycles. The molecule has 0 aliphatic heterocycles. The predicted octanol–water partition coefficient (Wildman–Crippen LogP) is 9.14. The third kappa shape index (κ3) is 5.39. The van der Waals surface area contributed by atoms with Gasteiger partial charge in [0.15, 0.2) is 6.73 Å². The van der Waals surface area contributed by atoms with Crippen molar-refractivity contribution in [3.63, 3.8) is 0 Å². The number of aliphatic hydroxyl groups is 1. The molecule has 0 aromatic carbocycles. The minimum absolute atomic E-state index is 0.0626. The summed E-state index contributed by atoms with van der Waals surface area (Å²) in [7, 11) is 0. The van der Waals surface area contributed by atoms with Crippen LogP contribution in [0.5, 0.6) is 0 Å². The van der Waals surface area contributed by atoms with Crippen LogP contribution in [0.2, 0.25) is 0 Å². The second-order valence-corrected chi connectivity index (χ2v) is 18.4. The average Bonchev–Trinajstić information content (AvgIpc) is 3.34. The van der Waals surface area contributed by atoms with E-state index in [1.54, 1.807) is 0 Å². The van der Waals surface area contributed by atoms with Crippen LogP contribution < -0.4 is 0 Å². The molecule has 0 amide bonds. The second-order valence-electron chi connectivity index (χ2n) is 18.4. The Balaban J connectivity index is 1.41. The fourth-order valence-electron chi connectivity index (χ4n) is 13.1. The number of hydrogen-bond donors (Lipinski definition) is 2. The molecule has 0 aromatic rings. The van der Waals surface area contributed by atoms with Gasteiger partial charge in [-0.1, -0.05) is 60.6 Å². The van der Waals surface area contributed by atoms with Gasteiger partial charge in [-0.05, 0) is 122 Å². The molecule has 2 N–H and O–H groups in total. The van der Waals surface area contributed by atoms with Gasteiger partial charge in [-0.2, -0.15) is 10.2 Å². The number of aliphatic hydroxyl groups excluding tert-OH is 1. The summed E-state index contributed by atoms with van der Waals surface area (Å²) in [6.07, 6.45) is 8.20. The van der Waals surface area contributed by atoms with Crippen LogP contribution >= 0.6 is 0 Å². The zero-order valence-electron chi connectivity index (χ0n) is 29.8. The lowest BCUT2D eigenvalue weighted by Crippen LogP contribution is -2.67. The third-order valence-corrected chi connectivity index (χ3v) is 15.3. The van der Waals surface area contributed by atoms with E-state index in [0.717, 1.165) is 69.8 Å². The summed E-state index contributed by atoms with van der Waals surface area (Å²) in [5.41, 5.74) is 0.0377. The standard InChI is InChI=1S/C38H61FN2O5/c1-23(2)24-12-17-38(32(39)41-40-22-42)19-18-36(8)25(31(24)38)10-11-27-35(7)15-14-28(34(5,6)26(35)13-16-37(27,36)9)46-30(45)21-33(3,4)20-29(43)44/h24-28,31-32,42H,1,10-22H2,2-9H3,(H,43,44)/t24-,25+,26-,27+,28-,31+,32+,35-,36+,37+,38-/m0/s1. The van der Waals surface area contributed by atoms with Crippen LogP contribution in [0.1, 0.15) is 132 Å². The van der Waals surface area contributed by atoms with Crippen LogP contribution in [-0.2, 0) is 14.3 Å². The highest BCUT2D eigenvalue weighted by Gasteiger charge is 2.72. The van der Waals surface area contributed by atoms with Crippen molar-refractivity contribution in [3.8, 4) is 0 Å². The number of esters is 1. The normalized spacial score (nSPS) is 44.0. The Hall–Kier alpha value is -1.83. The molecule has 5 rings (SSSR count). The van der Waals surface area contributed by atoms with E-state index in [1.807, 2.05) is 13.8 Å². The number of alkyl halides is 1. The van der Waals surface area contributed by atoms with Crippen molar-refractivity contribution in [1.29, 1.82) is 0 Å². The largest absolute Gasteiger partial charge is 0.481 e. The molecular weight excluding hydrogens is 583 g/mol. The topological polar surface area (TPSA) is 109 Å². The van der Waals surface area contributed by atoms with Gasteiger partial charge >= 0.3 is 11.9 Å². The van der Waals surface area contributed by atoms with Gasteiger partial charge in [0.25, 0.3) is 0 Å². The summed E-state index contributed by atoms with van der Waals surface area (Å²) < 4.78 is 22.4. The molecular formula is C38H61FN2O5. The number of fused-ring (bicyclic) bond motifs is 7. The first-order valence-corrected chi connectivity index (χ1v) is 18.0. The molecule has 11 atom stereocenters. The van der Waals surface area contributed by atoms with Crippen molar-refractivity contribution in [3.05, 3.63) is 12.2 Å². The van der Waals surface area contributed by atoms with Crippen molar-refractivity contribution in [2.75, 3.05) is 6.73 Å². The molecule has 5 fully saturated rings. The number of carboxylic acids is 1. The highest BCUT2D eigenvalue weighted by molar-refractivity contribution is 5.73. The van der Waals surface area contributed by atoms with Gasteiger partial charge in [0.1, 0.15) is 6.10 Å². The maximum atomic E-state index is 16.1. The molecule has 5 aliphatic rings. The fourth-order valence-corrected chi connectivity index (χ4v) is 13.1. The number of allylic oxidation sites excluding steroid dienone is 1. The number of azo groups is 1. The van der Waals surface area contributed by atoms with Gasteiger partial charge in [-0.15, -0.1) is 0 Å². The van der Waals surface area contributed by atoms with Crippen LogP contribution in [0.3, 0.4) is 0 Å². The van der Waals surface area contributed by atoms with E-state index in [-0.39, 0.29) is 58.4 Å². The SMILES string of the molecule is C=C(C)[C@@H]1CC[C@]2([C@H](F)N=NCO)CC[C@]3(C)[C@H](CC[C@@H]4[C@@]5(C)CC[C@H](OC(=O)CC(C)(C)CC(=O)O)C(C)(C)[C@@H]5CC[C@]43C)[C@@H]12. The van der Waals surface area contributed by atoms with Crippen LogP contribution in [0, 0.1) is 62.1 Å². The summed E-state index contributed by atoms with van der Waals surface area (Å²) >= 11 is 0. The Bertz CT molecular complexity index is 1250. The number of hydrogen-bond acceptors (Lipinski definition) is 6. The number of rotatable bonds is 9. The lowest BCUT2D eigenvalue weighted by molar-refractivity contribution is -0.253. The lowest BCUT2D eigenvalue weighted by Gasteiger charge is -2.73. The smallest absolute Gasteiger partial charge is 0.306 e. The van der Waals surface area contributed by atoms with Crippen LogP contribution in [0.25, 0.3) is 0 Å². The molecule has 0 spiro atoms. The number of nitrogens with zero attached hydrogens (tertiary/aromatic N) is 2. The zero-order chi connectivity index (χ0) is 34.1. The quantitative estimate of drug-likeness (QED) is 0.113. The molecule has 0 saturated heterocycles. The summed E-state index contributed by atoms with van der Waals surface area (Å²) in [6, 6.07) is 0. The molecule has 260 valence electrons. The molecule has 7 nitrogen and oxygen atoms in total. The number of aliphatic carboxylic acids is 1. The van der Waals surface area contributed by atoms with Crippen molar-refractivity contribution >= 4 is 11.9 Å². The van der Waals surface area contributed by atoms with Gasteiger partial charge in [0.05, 0.1) is 12.8 Å². The van der Waals surface area contributed by atoms with E-state index in [4.69, 9.17) is 4.74 Å². The summed E-state index contributed by atoms with van der Waals surface area (Å²) in [6.45, 7) is 21.9. The third-order valence-electron chi connectivity index (χ3n) is 15.3. The van der Waals surface area contributed by atoms with Gasteiger partial charge < -0.3 is 14.9 Å². The summed E-state index contributed by atoms with van der Waals surface area (Å²) in [5.74, 6) is 0.583. The lowest BCUT2D eigenvalue weighted by atomic mass is 9.32. The molecule has 0 unspecified atom stereocenters. The number of carboxylic acid groups (broad SMARTS) is 1. The minimum atomic E-state index is -1.40. The van der Waals surface area contributed by atoms with Crippen molar-refractivity contribution < 1.29 is 28.9 Å². The Labute approximate surface area is 276 Å². The van der Waals surface area contributed by atoms with Crippen molar-refractivity contribution in [2.24, 2.45) is 72.3 Å². The van der Waals surface area contributed by atoms with Crippen LogP contribution in [0.15, 0.2) is 22.4 Å². The van der Waals surface area contributed by atoms with Gasteiger partial charge in [-0.3, -0.25) is 9.59 Å². The van der Waals surface area contributed by atoms with E-state index in [2.05, 4.69) is 58.3 Å². The highest BCUT2D eigenvalue weighted by atomic mass is 19.1. The van der Waals surface area contributed by atoms with E-state index in [1.165, 1.54) is 0 Å². The number of carbonyl (C=O) groups excluding carboxylic acids is 1. The molecule has 8 heteroatoms. The van der Waals surface area contributed by atoms with E-state index in [9.17, 15) is 19.8 Å². The highest BCUT2D eigenvalue weighted by Crippen LogP contribution is 2.78. The van der Waals surface area contributed by atoms with Gasteiger partial charge in [-0.25, -0.2) is 4.39 Å². The van der Waals surface area contributed by atoms with E-state index in [0.29, 0.717) is 17.8 Å². The Morgan fingerprint density at radius 2 is 1.63 bits per heavy atom. The van der Waals surface area contributed by atoms with Gasteiger partial charge in [0, 0.05) is 10.8 Å². The Morgan fingerprint density at radius 3 is 2.26 bits per heavy atom. The van der Waals surface area contributed by atoms with Crippen LogP contribution in [0.4, 0.5) is 4.39 Å². The zero-order valence-corrected chi connectivity index (χ0v) is 29.8. The first-order valence-electron chi connectivity index (χ1n) is 18.0. The minimum Gasteiger partial charge on any atom is -0.481 e. The second kappa shape index (κ2) is 11.9. The number of carbonyl (C=O) groups is 2. The van der Waals surface area contributed by atoms with Gasteiger partial charge in [0.2, 0.25) is 6.30 Å². The number of ether oxygens (including phenoxy) is 1.